The van der Waals surface area contributed by atoms with Crippen molar-refractivity contribution in [1.82, 2.24) is 15.0 Å². The third-order valence-electron chi connectivity index (χ3n) is 1.74. The number of hydrogen-bond acceptors (Lipinski definition) is 2. The molecule has 4 heteroatoms. The van der Waals surface area contributed by atoms with E-state index >= 15 is 0 Å². The summed E-state index contributed by atoms with van der Waals surface area (Å²) in [4.78, 5) is 0. The second-order valence-corrected chi connectivity index (χ2v) is 2.78. The van der Waals surface area contributed by atoms with E-state index in [2.05, 4.69) is 10.3 Å². The Balaban J connectivity index is 0.000000531. The van der Waals surface area contributed by atoms with Gasteiger partial charge in [0.15, 0.2) is 0 Å². The first-order chi connectivity index (χ1) is 7.25. The van der Waals surface area contributed by atoms with Crippen LogP contribution >= 0.6 is 0 Å². The van der Waals surface area contributed by atoms with Crippen LogP contribution in [-0.2, 0) is 7.05 Å². The van der Waals surface area contributed by atoms with Gasteiger partial charge in [0.05, 0.1) is 6.20 Å². The predicted molar refractivity (Wildman–Crippen MR) is 57.7 cm³/mol. The number of hydrogen-bond donors (Lipinski definition) is 0. The van der Waals surface area contributed by atoms with Gasteiger partial charge < -0.3 is 0 Å². The van der Waals surface area contributed by atoms with Gasteiger partial charge in [-0.05, 0) is 24.3 Å². The van der Waals surface area contributed by atoms with E-state index in [1.165, 1.54) is 12.1 Å². The molecule has 0 unspecified atom stereocenters. The van der Waals surface area contributed by atoms with Crippen LogP contribution in [0.3, 0.4) is 0 Å². The van der Waals surface area contributed by atoms with Gasteiger partial charge in [0.2, 0.25) is 0 Å². The average Bonchev–Trinajstić information content (AvgIpc) is 2.69. The summed E-state index contributed by atoms with van der Waals surface area (Å²) in [6.07, 6.45) is 1.78. The molecule has 0 radical (unpaired) electrons. The van der Waals surface area contributed by atoms with Crippen molar-refractivity contribution in [3.8, 4) is 11.3 Å². The Bertz CT molecular complexity index is 406. The summed E-state index contributed by atoms with van der Waals surface area (Å²) < 4.78 is 14.2. The molecule has 0 atom stereocenters. The molecule has 1 aromatic heterocycles. The zero-order chi connectivity index (χ0) is 11.3. The fourth-order valence-corrected chi connectivity index (χ4v) is 1.10. The van der Waals surface area contributed by atoms with E-state index < -0.39 is 0 Å². The molecule has 0 spiro atoms. The van der Waals surface area contributed by atoms with E-state index in [9.17, 15) is 4.39 Å². The average molecular weight is 207 g/mol. The van der Waals surface area contributed by atoms with E-state index in [0.29, 0.717) is 0 Å². The van der Waals surface area contributed by atoms with Gasteiger partial charge in [0.25, 0.3) is 0 Å². The third-order valence-corrected chi connectivity index (χ3v) is 1.74. The molecule has 0 saturated carbocycles. The smallest absolute Gasteiger partial charge is 0.123 e. The molecule has 0 N–H and O–H groups in total. The van der Waals surface area contributed by atoms with Crippen LogP contribution in [0.4, 0.5) is 4.39 Å². The number of halogens is 1. The van der Waals surface area contributed by atoms with Gasteiger partial charge in [-0.3, -0.25) is 4.68 Å². The van der Waals surface area contributed by atoms with Crippen molar-refractivity contribution < 1.29 is 4.39 Å². The molecule has 3 nitrogen and oxygen atoms in total. The topological polar surface area (TPSA) is 30.7 Å². The molecule has 0 aliphatic rings. The van der Waals surface area contributed by atoms with E-state index in [0.717, 1.165) is 11.3 Å². The number of aromatic nitrogens is 3. The van der Waals surface area contributed by atoms with Crippen molar-refractivity contribution in [2.45, 2.75) is 13.8 Å². The lowest BCUT2D eigenvalue weighted by atomic mass is 10.2. The molecule has 1 aromatic carbocycles. The predicted octanol–water partition coefficient (Wildman–Crippen LogP) is 2.65. The highest BCUT2D eigenvalue weighted by Crippen LogP contribution is 2.15. The minimum Gasteiger partial charge on any atom is -0.255 e. The van der Waals surface area contributed by atoms with Crippen LogP contribution in [0.25, 0.3) is 11.3 Å². The fraction of sp³-hybridized carbons (Fsp3) is 0.273. The van der Waals surface area contributed by atoms with Gasteiger partial charge in [-0.15, -0.1) is 5.10 Å². The van der Waals surface area contributed by atoms with Crippen molar-refractivity contribution in [2.24, 2.45) is 7.05 Å². The van der Waals surface area contributed by atoms with Crippen molar-refractivity contribution in [2.75, 3.05) is 0 Å². The maximum atomic E-state index is 12.6. The summed E-state index contributed by atoms with van der Waals surface area (Å²) in [5, 5.41) is 7.69. The molecule has 0 amide bonds. The second-order valence-electron chi connectivity index (χ2n) is 2.78. The Labute approximate surface area is 88.6 Å². The molecule has 15 heavy (non-hydrogen) atoms. The summed E-state index contributed by atoms with van der Waals surface area (Å²) in [7, 11) is 1.79. The van der Waals surface area contributed by atoms with Gasteiger partial charge in [-0.1, -0.05) is 19.1 Å². The molecular weight excluding hydrogens is 193 g/mol. The maximum absolute atomic E-state index is 12.6. The molecule has 0 saturated heterocycles. The highest BCUT2D eigenvalue weighted by atomic mass is 19.1. The Morgan fingerprint density at radius 3 is 2.20 bits per heavy atom. The lowest BCUT2D eigenvalue weighted by Gasteiger charge is -1.93. The zero-order valence-electron chi connectivity index (χ0n) is 9.11. The molecule has 0 fully saturated rings. The summed E-state index contributed by atoms with van der Waals surface area (Å²) in [5.41, 5.74) is 1.62. The molecule has 2 aromatic rings. The number of nitrogens with zero attached hydrogens (tertiary/aromatic N) is 3. The first-order valence-electron chi connectivity index (χ1n) is 4.88. The van der Waals surface area contributed by atoms with Crippen molar-refractivity contribution in [3.63, 3.8) is 0 Å². The standard InChI is InChI=1S/C9H8FN3.C2H6/c1-13-6-9(11-12-13)7-2-4-8(10)5-3-7;1-2/h2-6H,1H3;1-2H3. The SMILES string of the molecule is CC.Cn1cc(-c2ccc(F)cc2)nn1. The summed E-state index contributed by atoms with van der Waals surface area (Å²) in [6.45, 7) is 4.00. The Kier molecular flexibility index (Phi) is 3.97. The van der Waals surface area contributed by atoms with Crippen LogP contribution in [-0.4, -0.2) is 15.0 Å². The highest BCUT2D eigenvalue weighted by Gasteiger charge is 2.01. The summed E-state index contributed by atoms with van der Waals surface area (Å²) in [5.74, 6) is -0.243. The minimum atomic E-state index is -0.243. The Morgan fingerprint density at radius 1 is 1.13 bits per heavy atom. The normalized spacial score (nSPS) is 9.33. The van der Waals surface area contributed by atoms with Gasteiger partial charge in [-0.25, -0.2) is 4.39 Å². The highest BCUT2D eigenvalue weighted by molar-refractivity contribution is 5.57. The van der Waals surface area contributed by atoms with E-state index in [1.54, 1.807) is 30.1 Å². The van der Waals surface area contributed by atoms with Crippen LogP contribution in [0.15, 0.2) is 30.5 Å². The molecule has 0 aliphatic carbocycles. The maximum Gasteiger partial charge on any atom is 0.123 e. The van der Waals surface area contributed by atoms with Crippen molar-refractivity contribution >= 4 is 0 Å². The van der Waals surface area contributed by atoms with Crippen LogP contribution in [0.1, 0.15) is 13.8 Å². The zero-order valence-corrected chi connectivity index (χ0v) is 9.11. The van der Waals surface area contributed by atoms with Crippen LogP contribution < -0.4 is 0 Å². The molecule has 2 rings (SSSR count). The third kappa shape index (κ3) is 2.87. The number of aryl methyl sites for hydroxylation is 1. The quantitative estimate of drug-likeness (QED) is 0.719. The first-order valence-corrected chi connectivity index (χ1v) is 4.88. The van der Waals surface area contributed by atoms with Crippen LogP contribution in [0.5, 0.6) is 0 Å². The van der Waals surface area contributed by atoms with E-state index in [-0.39, 0.29) is 5.82 Å². The Hall–Kier alpha value is -1.71. The summed E-state index contributed by atoms with van der Waals surface area (Å²) >= 11 is 0. The van der Waals surface area contributed by atoms with Gasteiger partial charge >= 0.3 is 0 Å². The molecular formula is C11H14FN3. The number of benzene rings is 1. The van der Waals surface area contributed by atoms with Gasteiger partial charge in [-0.2, -0.15) is 0 Å². The lowest BCUT2D eigenvalue weighted by Crippen LogP contribution is -1.85. The van der Waals surface area contributed by atoms with E-state index in [4.69, 9.17) is 0 Å². The largest absolute Gasteiger partial charge is 0.255 e. The van der Waals surface area contributed by atoms with Crippen molar-refractivity contribution in [3.05, 3.63) is 36.3 Å². The van der Waals surface area contributed by atoms with Gasteiger partial charge in [0.1, 0.15) is 11.5 Å². The molecule has 0 bridgehead atoms. The summed E-state index contributed by atoms with van der Waals surface area (Å²) in [6, 6.07) is 6.17. The van der Waals surface area contributed by atoms with Crippen molar-refractivity contribution in [1.29, 1.82) is 0 Å². The minimum absolute atomic E-state index is 0.243. The monoisotopic (exact) mass is 207 g/mol. The lowest BCUT2D eigenvalue weighted by molar-refractivity contribution is 0.628. The van der Waals surface area contributed by atoms with E-state index in [1.807, 2.05) is 13.8 Å². The Morgan fingerprint density at radius 2 is 1.73 bits per heavy atom. The molecule has 1 heterocycles. The molecule has 0 aliphatic heterocycles. The van der Waals surface area contributed by atoms with Crippen LogP contribution in [0.2, 0.25) is 0 Å². The van der Waals surface area contributed by atoms with Gasteiger partial charge in [0, 0.05) is 12.6 Å². The second kappa shape index (κ2) is 5.24. The fourth-order valence-electron chi connectivity index (χ4n) is 1.10. The number of rotatable bonds is 1. The van der Waals surface area contributed by atoms with Crippen LogP contribution in [0, 0.1) is 5.82 Å². The molecule has 80 valence electrons. The first kappa shape index (κ1) is 11.4.